The second-order valence-electron chi connectivity index (χ2n) is 4.05. The average molecular weight is 228 g/mol. The van der Waals surface area contributed by atoms with Gasteiger partial charge in [-0.2, -0.15) is 0 Å². The summed E-state index contributed by atoms with van der Waals surface area (Å²) in [6.07, 6.45) is 2.25. The Morgan fingerprint density at radius 3 is 2.62 bits per heavy atom. The zero-order valence-corrected chi connectivity index (χ0v) is 9.98. The number of amides is 2. The Morgan fingerprint density at radius 1 is 1.44 bits per heavy atom. The van der Waals surface area contributed by atoms with Gasteiger partial charge in [-0.15, -0.1) is 0 Å². The van der Waals surface area contributed by atoms with Gasteiger partial charge < -0.3 is 14.9 Å². The second kappa shape index (κ2) is 5.72. The number of carbonyl (C=O) groups is 2. The van der Waals surface area contributed by atoms with Crippen LogP contribution in [0.1, 0.15) is 33.1 Å². The first-order valence-corrected chi connectivity index (χ1v) is 5.90. The molecule has 2 amide bonds. The molecule has 1 heterocycles. The molecule has 0 aromatic rings. The molecular formula is C11H20N2O3. The summed E-state index contributed by atoms with van der Waals surface area (Å²) < 4.78 is 0. The Morgan fingerprint density at radius 2 is 2.12 bits per heavy atom. The van der Waals surface area contributed by atoms with E-state index in [2.05, 4.69) is 0 Å². The molecule has 1 aliphatic rings. The van der Waals surface area contributed by atoms with Crippen LogP contribution in [0, 0.1) is 0 Å². The van der Waals surface area contributed by atoms with Gasteiger partial charge in [0.15, 0.2) is 0 Å². The van der Waals surface area contributed by atoms with Crippen molar-refractivity contribution < 1.29 is 14.7 Å². The van der Waals surface area contributed by atoms with E-state index in [1.807, 2.05) is 13.8 Å². The molecule has 0 bridgehead atoms. The van der Waals surface area contributed by atoms with E-state index in [9.17, 15) is 9.59 Å². The topological polar surface area (TPSA) is 60.9 Å². The molecule has 5 heteroatoms. The van der Waals surface area contributed by atoms with Gasteiger partial charge in [-0.3, -0.25) is 0 Å². The van der Waals surface area contributed by atoms with Crippen molar-refractivity contribution in [3.05, 3.63) is 0 Å². The highest BCUT2D eigenvalue weighted by Crippen LogP contribution is 2.19. The summed E-state index contributed by atoms with van der Waals surface area (Å²) in [4.78, 5) is 26.2. The molecule has 0 unspecified atom stereocenters. The third kappa shape index (κ3) is 2.65. The summed E-state index contributed by atoms with van der Waals surface area (Å²) in [7, 11) is 0. The van der Waals surface area contributed by atoms with Crippen LogP contribution < -0.4 is 0 Å². The van der Waals surface area contributed by atoms with Crippen LogP contribution in [-0.2, 0) is 4.79 Å². The fourth-order valence-corrected chi connectivity index (χ4v) is 2.09. The number of hydrogen-bond donors (Lipinski definition) is 1. The van der Waals surface area contributed by atoms with Crippen LogP contribution in [0.2, 0.25) is 0 Å². The van der Waals surface area contributed by atoms with Gasteiger partial charge in [-0.05, 0) is 26.2 Å². The minimum absolute atomic E-state index is 0.130. The first-order valence-electron chi connectivity index (χ1n) is 5.90. The lowest BCUT2D eigenvalue weighted by Crippen LogP contribution is -2.48. The summed E-state index contributed by atoms with van der Waals surface area (Å²) in [5.74, 6) is -0.890. The average Bonchev–Trinajstić information content (AvgIpc) is 2.73. The van der Waals surface area contributed by atoms with Crippen molar-refractivity contribution in [1.29, 1.82) is 0 Å². The lowest BCUT2D eigenvalue weighted by molar-refractivity contribution is -0.141. The van der Waals surface area contributed by atoms with Gasteiger partial charge in [0.2, 0.25) is 0 Å². The lowest BCUT2D eigenvalue weighted by atomic mass is 10.2. The number of urea groups is 1. The number of carboxylic acid groups (broad SMARTS) is 1. The van der Waals surface area contributed by atoms with Crippen molar-refractivity contribution in [2.75, 3.05) is 19.6 Å². The van der Waals surface area contributed by atoms with Crippen molar-refractivity contribution in [2.24, 2.45) is 0 Å². The first-order chi connectivity index (χ1) is 7.61. The fraction of sp³-hybridized carbons (Fsp3) is 0.818. The maximum Gasteiger partial charge on any atom is 0.326 e. The predicted octanol–water partition coefficient (Wildman–Crippen LogP) is 1.39. The molecule has 1 rings (SSSR count). The van der Waals surface area contributed by atoms with Crippen LogP contribution in [0.15, 0.2) is 0 Å². The molecule has 1 N–H and O–H groups in total. The number of likely N-dealkylation sites (tertiary alicyclic amines) is 1. The number of rotatable bonds is 4. The number of carboxylic acids is 1. The van der Waals surface area contributed by atoms with Crippen LogP contribution in [0.5, 0.6) is 0 Å². The summed E-state index contributed by atoms with van der Waals surface area (Å²) in [6.45, 7) is 5.82. The molecule has 92 valence electrons. The molecular weight excluding hydrogens is 208 g/mol. The van der Waals surface area contributed by atoms with Gasteiger partial charge in [0.05, 0.1) is 0 Å². The molecule has 0 aromatic heterocycles. The quantitative estimate of drug-likeness (QED) is 0.791. The molecule has 16 heavy (non-hydrogen) atoms. The second-order valence-corrected chi connectivity index (χ2v) is 4.05. The van der Waals surface area contributed by atoms with Crippen LogP contribution in [0.25, 0.3) is 0 Å². The summed E-state index contributed by atoms with van der Waals surface area (Å²) in [5.41, 5.74) is 0. The summed E-state index contributed by atoms with van der Waals surface area (Å²) in [6, 6.07) is -0.757. The normalized spacial score (nSPS) is 19.9. The molecule has 5 nitrogen and oxygen atoms in total. The van der Waals surface area contributed by atoms with Gasteiger partial charge >= 0.3 is 12.0 Å². The maximum atomic E-state index is 12.1. The van der Waals surface area contributed by atoms with Crippen molar-refractivity contribution in [1.82, 2.24) is 9.80 Å². The molecule has 1 aliphatic heterocycles. The van der Waals surface area contributed by atoms with Crippen molar-refractivity contribution in [3.8, 4) is 0 Å². The van der Waals surface area contributed by atoms with Gasteiger partial charge in [-0.1, -0.05) is 6.92 Å². The van der Waals surface area contributed by atoms with E-state index in [-0.39, 0.29) is 6.03 Å². The monoisotopic (exact) mass is 228 g/mol. The molecule has 1 atom stereocenters. The van der Waals surface area contributed by atoms with Gasteiger partial charge in [-0.25, -0.2) is 9.59 Å². The highest BCUT2D eigenvalue weighted by molar-refractivity contribution is 5.83. The Bertz CT molecular complexity index is 268. The van der Waals surface area contributed by atoms with E-state index in [4.69, 9.17) is 5.11 Å². The Balaban J connectivity index is 2.67. The third-order valence-electron chi connectivity index (χ3n) is 2.93. The first kappa shape index (κ1) is 12.8. The number of carbonyl (C=O) groups excluding carboxylic acids is 1. The van der Waals surface area contributed by atoms with E-state index in [0.29, 0.717) is 26.1 Å². The largest absolute Gasteiger partial charge is 0.480 e. The zero-order valence-electron chi connectivity index (χ0n) is 9.98. The summed E-state index contributed by atoms with van der Waals surface area (Å²) >= 11 is 0. The SMILES string of the molecule is CCCN(CC)C(=O)N1CCC[C@H]1C(=O)O. The summed E-state index contributed by atoms with van der Waals surface area (Å²) in [5, 5.41) is 9.00. The fourth-order valence-electron chi connectivity index (χ4n) is 2.09. The molecule has 0 aromatic carbocycles. The van der Waals surface area contributed by atoms with Crippen molar-refractivity contribution in [2.45, 2.75) is 39.2 Å². The molecule has 0 saturated carbocycles. The van der Waals surface area contributed by atoms with Crippen molar-refractivity contribution in [3.63, 3.8) is 0 Å². The minimum atomic E-state index is -0.890. The van der Waals surface area contributed by atoms with E-state index in [0.717, 1.165) is 12.8 Å². The van der Waals surface area contributed by atoms with Gasteiger partial charge in [0, 0.05) is 19.6 Å². The number of aliphatic carboxylic acids is 1. The van der Waals surface area contributed by atoms with Crippen LogP contribution in [0.4, 0.5) is 4.79 Å². The maximum absolute atomic E-state index is 12.1. The van der Waals surface area contributed by atoms with Gasteiger partial charge in [0.1, 0.15) is 6.04 Å². The Kier molecular flexibility index (Phi) is 4.58. The van der Waals surface area contributed by atoms with Crippen LogP contribution in [-0.4, -0.2) is 52.6 Å². The molecule has 1 saturated heterocycles. The molecule has 1 fully saturated rings. The highest BCUT2D eigenvalue weighted by Gasteiger charge is 2.35. The van der Waals surface area contributed by atoms with E-state index < -0.39 is 12.0 Å². The predicted molar refractivity (Wildman–Crippen MR) is 60.3 cm³/mol. The molecule has 0 spiro atoms. The minimum Gasteiger partial charge on any atom is -0.480 e. The van der Waals surface area contributed by atoms with E-state index in [1.165, 1.54) is 4.90 Å². The standard InChI is InChI=1S/C11H20N2O3/c1-3-7-12(4-2)11(16)13-8-5-6-9(13)10(14)15/h9H,3-8H2,1-2H3,(H,14,15)/t9-/m0/s1. The number of hydrogen-bond acceptors (Lipinski definition) is 2. The Hall–Kier alpha value is -1.26. The smallest absolute Gasteiger partial charge is 0.326 e. The van der Waals surface area contributed by atoms with Crippen LogP contribution >= 0.6 is 0 Å². The molecule has 0 radical (unpaired) electrons. The highest BCUT2D eigenvalue weighted by atomic mass is 16.4. The number of nitrogens with zero attached hydrogens (tertiary/aromatic N) is 2. The zero-order chi connectivity index (χ0) is 12.1. The lowest BCUT2D eigenvalue weighted by Gasteiger charge is -2.29. The van der Waals surface area contributed by atoms with Crippen LogP contribution in [0.3, 0.4) is 0 Å². The molecule has 0 aliphatic carbocycles. The third-order valence-corrected chi connectivity index (χ3v) is 2.93. The van der Waals surface area contributed by atoms with Crippen molar-refractivity contribution >= 4 is 12.0 Å². The van der Waals surface area contributed by atoms with Gasteiger partial charge in [0.25, 0.3) is 0 Å². The Labute approximate surface area is 96.0 Å². The van der Waals surface area contributed by atoms with E-state index >= 15 is 0 Å². The van der Waals surface area contributed by atoms with E-state index in [1.54, 1.807) is 4.90 Å².